The molecule has 0 atom stereocenters. The number of hydrogen-bond donors (Lipinski definition) is 1. The van der Waals surface area contributed by atoms with E-state index < -0.39 is 0 Å². The van der Waals surface area contributed by atoms with Crippen LogP contribution in [0, 0.1) is 0 Å². The van der Waals surface area contributed by atoms with Gasteiger partial charge >= 0.3 is 0 Å². The van der Waals surface area contributed by atoms with Gasteiger partial charge in [-0.25, -0.2) is 4.98 Å². The summed E-state index contributed by atoms with van der Waals surface area (Å²) in [5, 5.41) is 3.53. The zero-order valence-electron chi connectivity index (χ0n) is 16.0. The van der Waals surface area contributed by atoms with E-state index in [0.29, 0.717) is 13.2 Å². The predicted molar refractivity (Wildman–Crippen MR) is 109 cm³/mol. The van der Waals surface area contributed by atoms with Crippen molar-refractivity contribution in [2.45, 2.75) is 13.5 Å². The van der Waals surface area contributed by atoms with Gasteiger partial charge in [-0.15, -0.1) is 0 Å². The number of aromatic nitrogens is 3. The second kappa shape index (κ2) is 7.35. The maximum absolute atomic E-state index is 5.83. The first kappa shape index (κ1) is 17.4. The molecule has 2 aromatic heterocycles. The number of para-hydroxylation sites is 1. The molecule has 0 saturated heterocycles. The van der Waals surface area contributed by atoms with Crippen molar-refractivity contribution < 1.29 is 14.2 Å². The lowest BCUT2D eigenvalue weighted by Gasteiger charge is -2.12. The van der Waals surface area contributed by atoms with E-state index in [9.17, 15) is 0 Å². The zero-order valence-corrected chi connectivity index (χ0v) is 16.0. The molecule has 146 valence electrons. The molecule has 0 aliphatic carbocycles. The van der Waals surface area contributed by atoms with E-state index >= 15 is 0 Å². The second-order valence-electron chi connectivity index (χ2n) is 6.58. The number of hydrogen-bond acceptors (Lipinski definition) is 6. The van der Waals surface area contributed by atoms with Gasteiger partial charge < -0.3 is 19.5 Å². The summed E-state index contributed by atoms with van der Waals surface area (Å²) < 4.78 is 18.7. The standard InChI is InChI=1S/C22H20N4O3/c1-2-27-17-6-4-3-5-16(17)21-22(26-10-9-23-13-20(26)25-21)24-12-15-7-8-18-19(11-15)29-14-28-18/h3-11,13,24H,2,12,14H2,1H3. The van der Waals surface area contributed by atoms with E-state index in [1.54, 1.807) is 12.4 Å². The largest absolute Gasteiger partial charge is 0.493 e. The maximum atomic E-state index is 5.83. The fourth-order valence-corrected chi connectivity index (χ4v) is 3.44. The molecule has 4 aromatic rings. The van der Waals surface area contributed by atoms with Crippen molar-refractivity contribution in [3.8, 4) is 28.5 Å². The predicted octanol–water partition coefficient (Wildman–Crippen LogP) is 4.14. The molecule has 0 spiro atoms. The smallest absolute Gasteiger partial charge is 0.231 e. The van der Waals surface area contributed by atoms with E-state index in [4.69, 9.17) is 19.2 Å². The minimum absolute atomic E-state index is 0.269. The number of nitrogens with one attached hydrogen (secondary N) is 1. The fourth-order valence-electron chi connectivity index (χ4n) is 3.44. The molecule has 0 unspecified atom stereocenters. The monoisotopic (exact) mass is 388 g/mol. The Labute approximate surface area is 167 Å². The van der Waals surface area contributed by atoms with Crippen LogP contribution in [0.1, 0.15) is 12.5 Å². The average Bonchev–Trinajstić information content (AvgIpc) is 3.37. The molecule has 0 radical (unpaired) electrons. The molecular formula is C22H20N4O3. The number of fused-ring (bicyclic) bond motifs is 2. The van der Waals surface area contributed by atoms with Gasteiger partial charge in [-0.1, -0.05) is 18.2 Å². The molecule has 1 N–H and O–H groups in total. The van der Waals surface area contributed by atoms with Crippen molar-refractivity contribution in [3.05, 3.63) is 66.6 Å². The Morgan fingerprint density at radius 3 is 2.97 bits per heavy atom. The number of nitrogens with zero attached hydrogens (tertiary/aromatic N) is 3. The second-order valence-corrected chi connectivity index (χ2v) is 6.58. The molecule has 0 bridgehead atoms. The van der Waals surface area contributed by atoms with Crippen molar-refractivity contribution in [2.24, 2.45) is 0 Å². The normalized spacial score (nSPS) is 12.3. The van der Waals surface area contributed by atoms with Crippen molar-refractivity contribution >= 4 is 11.5 Å². The number of rotatable bonds is 6. The van der Waals surface area contributed by atoms with E-state index in [-0.39, 0.29) is 6.79 Å². The van der Waals surface area contributed by atoms with E-state index in [1.807, 2.05) is 60.0 Å². The quantitative estimate of drug-likeness (QED) is 0.535. The molecule has 3 heterocycles. The highest BCUT2D eigenvalue weighted by molar-refractivity contribution is 5.80. The van der Waals surface area contributed by atoms with Gasteiger partial charge in [0.15, 0.2) is 17.1 Å². The summed E-state index contributed by atoms with van der Waals surface area (Å²) in [4.78, 5) is 9.01. The van der Waals surface area contributed by atoms with Crippen LogP contribution in [0.4, 0.5) is 5.82 Å². The average molecular weight is 388 g/mol. The summed E-state index contributed by atoms with van der Waals surface area (Å²) in [6, 6.07) is 13.9. The van der Waals surface area contributed by atoms with Crippen LogP contribution in [-0.4, -0.2) is 27.8 Å². The molecule has 7 heteroatoms. The van der Waals surface area contributed by atoms with E-state index in [1.165, 1.54) is 0 Å². The third kappa shape index (κ3) is 3.20. The van der Waals surface area contributed by atoms with Gasteiger partial charge in [-0.05, 0) is 36.8 Å². The first-order valence-corrected chi connectivity index (χ1v) is 9.50. The molecule has 29 heavy (non-hydrogen) atoms. The highest BCUT2D eigenvalue weighted by Crippen LogP contribution is 2.36. The van der Waals surface area contributed by atoms with Crippen molar-refractivity contribution in [2.75, 3.05) is 18.7 Å². The Morgan fingerprint density at radius 2 is 2.03 bits per heavy atom. The number of anilines is 1. The lowest BCUT2D eigenvalue weighted by molar-refractivity contribution is 0.174. The Hall–Kier alpha value is -3.74. The van der Waals surface area contributed by atoms with Crippen LogP contribution in [0.5, 0.6) is 17.2 Å². The minimum Gasteiger partial charge on any atom is -0.493 e. The highest BCUT2D eigenvalue weighted by Gasteiger charge is 2.18. The Morgan fingerprint density at radius 1 is 1.14 bits per heavy atom. The highest BCUT2D eigenvalue weighted by atomic mass is 16.7. The molecular weight excluding hydrogens is 368 g/mol. The van der Waals surface area contributed by atoms with Crippen LogP contribution in [0.3, 0.4) is 0 Å². The molecule has 0 fully saturated rings. The Kier molecular flexibility index (Phi) is 4.40. The molecule has 0 saturated carbocycles. The first-order chi connectivity index (χ1) is 14.3. The van der Waals surface area contributed by atoms with Gasteiger partial charge in [0.05, 0.1) is 12.8 Å². The molecule has 1 aliphatic rings. The van der Waals surface area contributed by atoms with Crippen molar-refractivity contribution in [3.63, 3.8) is 0 Å². The van der Waals surface area contributed by atoms with Gasteiger partial charge in [-0.2, -0.15) is 0 Å². The SMILES string of the molecule is CCOc1ccccc1-c1nc2cnccn2c1NCc1ccc2c(c1)OCO2. The molecule has 0 amide bonds. The summed E-state index contributed by atoms with van der Waals surface area (Å²) in [6.07, 6.45) is 5.40. The maximum Gasteiger partial charge on any atom is 0.231 e. The van der Waals surface area contributed by atoms with Crippen LogP contribution >= 0.6 is 0 Å². The summed E-state index contributed by atoms with van der Waals surface area (Å²) in [5.41, 5.74) is 3.61. The zero-order chi connectivity index (χ0) is 19.6. The Bertz CT molecular complexity index is 1170. The third-order valence-corrected chi connectivity index (χ3v) is 4.77. The minimum atomic E-state index is 0.269. The summed E-state index contributed by atoms with van der Waals surface area (Å²) in [5.74, 6) is 3.24. The van der Waals surface area contributed by atoms with E-state index in [2.05, 4.69) is 10.3 Å². The summed E-state index contributed by atoms with van der Waals surface area (Å²) in [7, 11) is 0. The summed E-state index contributed by atoms with van der Waals surface area (Å²) >= 11 is 0. The van der Waals surface area contributed by atoms with Gasteiger partial charge in [0.2, 0.25) is 6.79 Å². The Balaban J connectivity index is 1.54. The summed E-state index contributed by atoms with van der Waals surface area (Å²) in [6.45, 7) is 3.44. The van der Waals surface area contributed by atoms with Crippen LogP contribution < -0.4 is 19.5 Å². The molecule has 5 rings (SSSR count). The van der Waals surface area contributed by atoms with E-state index in [0.717, 1.165) is 45.5 Å². The van der Waals surface area contributed by atoms with Gasteiger partial charge in [-0.3, -0.25) is 9.38 Å². The molecule has 2 aromatic carbocycles. The van der Waals surface area contributed by atoms with Crippen LogP contribution in [0.2, 0.25) is 0 Å². The first-order valence-electron chi connectivity index (χ1n) is 9.50. The lowest BCUT2D eigenvalue weighted by atomic mass is 10.1. The van der Waals surface area contributed by atoms with Crippen LogP contribution in [0.25, 0.3) is 16.9 Å². The molecule has 1 aliphatic heterocycles. The van der Waals surface area contributed by atoms with Crippen LogP contribution in [-0.2, 0) is 6.54 Å². The van der Waals surface area contributed by atoms with Gasteiger partial charge in [0.25, 0.3) is 0 Å². The third-order valence-electron chi connectivity index (χ3n) is 4.77. The van der Waals surface area contributed by atoms with Gasteiger partial charge in [0.1, 0.15) is 17.3 Å². The van der Waals surface area contributed by atoms with Crippen LogP contribution in [0.15, 0.2) is 61.1 Å². The lowest BCUT2D eigenvalue weighted by Crippen LogP contribution is -2.04. The fraction of sp³-hybridized carbons (Fsp3) is 0.182. The number of ether oxygens (including phenoxy) is 3. The van der Waals surface area contributed by atoms with Crippen molar-refractivity contribution in [1.82, 2.24) is 14.4 Å². The number of imidazole rings is 1. The molecule has 7 nitrogen and oxygen atoms in total. The number of benzene rings is 2. The van der Waals surface area contributed by atoms with Crippen molar-refractivity contribution in [1.29, 1.82) is 0 Å². The topological polar surface area (TPSA) is 69.9 Å². The van der Waals surface area contributed by atoms with Gasteiger partial charge in [0, 0.05) is 24.5 Å².